The van der Waals surface area contributed by atoms with Gasteiger partial charge in [-0.25, -0.2) is 0 Å². The van der Waals surface area contributed by atoms with Crippen LogP contribution in [0.15, 0.2) is 28.8 Å². The molecule has 2 saturated heterocycles. The van der Waals surface area contributed by atoms with Crippen LogP contribution in [0.1, 0.15) is 30.7 Å². The Labute approximate surface area is 185 Å². The highest BCUT2D eigenvalue weighted by molar-refractivity contribution is 5.85. The smallest absolute Gasteiger partial charge is 0.241 e. The van der Waals surface area contributed by atoms with Gasteiger partial charge >= 0.3 is 0 Å². The minimum atomic E-state index is 0. The maximum Gasteiger partial charge on any atom is 0.241 e. The second-order valence-corrected chi connectivity index (χ2v) is 8.02. The summed E-state index contributed by atoms with van der Waals surface area (Å²) in [6, 6.07) is 9.08. The second kappa shape index (κ2) is 11.8. The highest BCUT2D eigenvalue weighted by Gasteiger charge is 2.20. The summed E-state index contributed by atoms with van der Waals surface area (Å²) in [7, 11) is 2.12. The lowest BCUT2D eigenvalue weighted by molar-refractivity contribution is 0.0374. The molecule has 1 aromatic heterocycles. The van der Waals surface area contributed by atoms with Crippen LogP contribution in [0.4, 0.5) is 0 Å². The Morgan fingerprint density at radius 2 is 1.73 bits per heavy atom. The maximum atomic E-state index is 5.49. The van der Waals surface area contributed by atoms with Gasteiger partial charge in [0.15, 0.2) is 0 Å². The summed E-state index contributed by atoms with van der Waals surface area (Å²) in [5, 5.41) is 4.18. The number of halogens is 1. The first kappa shape index (κ1) is 23.2. The summed E-state index contributed by atoms with van der Waals surface area (Å²) in [5.74, 6) is 1.34. The van der Waals surface area contributed by atoms with Crippen molar-refractivity contribution in [3.63, 3.8) is 0 Å². The zero-order valence-corrected chi connectivity index (χ0v) is 18.6. The number of hydrogen-bond donors (Lipinski definition) is 0. The molecular formula is C22H33ClN4O3. The second-order valence-electron chi connectivity index (χ2n) is 8.02. The van der Waals surface area contributed by atoms with Crippen LogP contribution in [-0.2, 0) is 22.4 Å². The van der Waals surface area contributed by atoms with Crippen molar-refractivity contribution in [2.75, 3.05) is 53.1 Å². The Morgan fingerprint density at radius 1 is 1.03 bits per heavy atom. The molecule has 0 radical (unpaired) electrons. The van der Waals surface area contributed by atoms with Gasteiger partial charge in [0.25, 0.3) is 0 Å². The molecule has 0 saturated carbocycles. The molecule has 0 amide bonds. The van der Waals surface area contributed by atoms with Gasteiger partial charge in [-0.05, 0) is 44.8 Å². The van der Waals surface area contributed by atoms with Gasteiger partial charge < -0.3 is 14.0 Å². The Hall–Kier alpha value is -1.51. The fraction of sp³-hybridized carbons (Fsp3) is 0.636. The van der Waals surface area contributed by atoms with E-state index in [4.69, 9.17) is 14.0 Å². The van der Waals surface area contributed by atoms with E-state index in [-0.39, 0.29) is 12.4 Å². The first-order valence-corrected chi connectivity index (χ1v) is 10.8. The largest absolute Gasteiger partial charge is 0.381 e. The standard InChI is InChI=1S/C22H32N4O3.ClH/c1-25(20-8-13-27-14-9-20)17-21-23-22(24-29-21)19-6-4-18(5-7-19)3-2-10-26-11-15-28-16-12-26;/h4-7,20H,2-3,8-17H2,1H3;1H. The van der Waals surface area contributed by atoms with Crippen molar-refractivity contribution in [2.24, 2.45) is 0 Å². The number of nitrogens with zero attached hydrogens (tertiary/aromatic N) is 4. The first-order chi connectivity index (χ1) is 14.3. The normalized spacial score (nSPS) is 18.5. The van der Waals surface area contributed by atoms with Gasteiger partial charge in [-0.15, -0.1) is 12.4 Å². The van der Waals surface area contributed by atoms with Crippen LogP contribution in [0.25, 0.3) is 11.4 Å². The fourth-order valence-electron chi connectivity index (χ4n) is 4.06. The van der Waals surface area contributed by atoms with Crippen molar-refractivity contribution in [3.8, 4) is 11.4 Å². The minimum Gasteiger partial charge on any atom is -0.381 e. The molecule has 0 atom stereocenters. The summed E-state index contributed by atoms with van der Waals surface area (Å²) >= 11 is 0. The van der Waals surface area contributed by atoms with Gasteiger partial charge in [0.1, 0.15) is 0 Å². The average molecular weight is 437 g/mol. The quantitative estimate of drug-likeness (QED) is 0.630. The molecule has 2 aliphatic rings. The molecule has 8 heteroatoms. The van der Waals surface area contributed by atoms with Crippen molar-refractivity contribution >= 4 is 12.4 Å². The third kappa shape index (κ3) is 6.49. The number of ether oxygens (including phenoxy) is 2. The summed E-state index contributed by atoms with van der Waals surface area (Å²) in [5.41, 5.74) is 2.36. The number of benzene rings is 1. The van der Waals surface area contributed by atoms with E-state index in [1.807, 2.05) is 0 Å². The number of aryl methyl sites for hydroxylation is 1. The molecule has 7 nitrogen and oxygen atoms in total. The molecule has 0 aliphatic carbocycles. The van der Waals surface area contributed by atoms with Crippen LogP contribution in [-0.4, -0.2) is 79.1 Å². The predicted molar refractivity (Wildman–Crippen MR) is 118 cm³/mol. The number of hydrogen-bond acceptors (Lipinski definition) is 7. The van der Waals surface area contributed by atoms with Crippen molar-refractivity contribution < 1.29 is 14.0 Å². The Balaban J connectivity index is 0.00000256. The molecule has 4 rings (SSSR count). The lowest BCUT2D eigenvalue weighted by Crippen LogP contribution is -2.36. The number of aromatic nitrogens is 2. The van der Waals surface area contributed by atoms with Crippen molar-refractivity contribution in [2.45, 2.75) is 38.3 Å². The topological polar surface area (TPSA) is 63.9 Å². The monoisotopic (exact) mass is 436 g/mol. The van der Waals surface area contributed by atoms with E-state index in [0.29, 0.717) is 24.3 Å². The predicted octanol–water partition coefficient (Wildman–Crippen LogP) is 3.03. The third-order valence-electron chi connectivity index (χ3n) is 5.92. The molecular weight excluding hydrogens is 404 g/mol. The van der Waals surface area contributed by atoms with Gasteiger partial charge in [0, 0.05) is 37.9 Å². The zero-order valence-electron chi connectivity index (χ0n) is 17.8. The molecule has 1 aromatic carbocycles. The van der Waals surface area contributed by atoms with E-state index < -0.39 is 0 Å². The lowest BCUT2D eigenvalue weighted by atomic mass is 10.1. The van der Waals surface area contributed by atoms with Gasteiger partial charge in [0.05, 0.1) is 19.8 Å². The molecule has 2 aliphatic heterocycles. The first-order valence-electron chi connectivity index (χ1n) is 10.8. The molecule has 166 valence electrons. The van der Waals surface area contributed by atoms with Crippen LogP contribution in [0.2, 0.25) is 0 Å². The van der Waals surface area contributed by atoms with Crippen molar-refractivity contribution in [1.82, 2.24) is 19.9 Å². The van der Waals surface area contributed by atoms with Crippen LogP contribution in [0.3, 0.4) is 0 Å². The molecule has 0 unspecified atom stereocenters. The molecule has 2 aromatic rings. The highest BCUT2D eigenvalue weighted by atomic mass is 35.5. The average Bonchev–Trinajstić information content (AvgIpc) is 3.24. The number of rotatable bonds is 8. The Morgan fingerprint density at radius 3 is 2.47 bits per heavy atom. The van der Waals surface area contributed by atoms with Gasteiger partial charge in [-0.2, -0.15) is 4.98 Å². The van der Waals surface area contributed by atoms with E-state index in [0.717, 1.165) is 70.9 Å². The fourth-order valence-corrected chi connectivity index (χ4v) is 4.06. The van der Waals surface area contributed by atoms with Gasteiger partial charge in [-0.1, -0.05) is 29.4 Å². The maximum absolute atomic E-state index is 5.49. The molecule has 30 heavy (non-hydrogen) atoms. The molecule has 2 fully saturated rings. The molecule has 3 heterocycles. The van der Waals surface area contributed by atoms with E-state index >= 15 is 0 Å². The minimum absolute atomic E-state index is 0. The van der Waals surface area contributed by atoms with E-state index in [1.165, 1.54) is 12.0 Å². The molecule has 0 bridgehead atoms. The van der Waals surface area contributed by atoms with Crippen LogP contribution < -0.4 is 0 Å². The van der Waals surface area contributed by atoms with Gasteiger partial charge in [-0.3, -0.25) is 9.80 Å². The summed E-state index contributed by atoms with van der Waals surface area (Å²) < 4.78 is 16.3. The van der Waals surface area contributed by atoms with E-state index in [9.17, 15) is 0 Å². The van der Waals surface area contributed by atoms with E-state index in [2.05, 4.69) is 51.3 Å². The Kier molecular flexibility index (Phi) is 9.08. The SMILES string of the molecule is CN(Cc1nc(-c2ccc(CCCN3CCOCC3)cc2)no1)C1CCOCC1.Cl. The molecule has 0 N–H and O–H groups in total. The van der Waals surface area contributed by atoms with Crippen LogP contribution >= 0.6 is 12.4 Å². The van der Waals surface area contributed by atoms with Crippen molar-refractivity contribution in [3.05, 3.63) is 35.7 Å². The van der Waals surface area contributed by atoms with Crippen LogP contribution in [0.5, 0.6) is 0 Å². The number of morpholine rings is 1. The summed E-state index contributed by atoms with van der Waals surface area (Å²) in [6.07, 6.45) is 4.38. The van der Waals surface area contributed by atoms with Crippen molar-refractivity contribution in [1.29, 1.82) is 0 Å². The lowest BCUT2D eigenvalue weighted by Gasteiger charge is -2.29. The van der Waals surface area contributed by atoms with Gasteiger partial charge in [0.2, 0.25) is 11.7 Å². The molecule has 0 spiro atoms. The zero-order chi connectivity index (χ0) is 19.9. The highest BCUT2D eigenvalue weighted by Crippen LogP contribution is 2.19. The van der Waals surface area contributed by atoms with Crippen LogP contribution in [0, 0.1) is 0 Å². The summed E-state index contributed by atoms with van der Waals surface area (Å²) in [6.45, 7) is 7.34. The van der Waals surface area contributed by atoms with E-state index in [1.54, 1.807) is 0 Å². The third-order valence-corrected chi connectivity index (χ3v) is 5.92. The summed E-state index contributed by atoms with van der Waals surface area (Å²) in [4.78, 5) is 9.37. The Bertz CT molecular complexity index is 743.